The van der Waals surface area contributed by atoms with Gasteiger partial charge in [-0.3, -0.25) is 4.79 Å². The number of benzene rings is 2. The Bertz CT molecular complexity index is 1010. The van der Waals surface area contributed by atoms with Crippen molar-refractivity contribution in [3.63, 3.8) is 0 Å². The highest BCUT2D eigenvalue weighted by Crippen LogP contribution is 2.33. The van der Waals surface area contributed by atoms with Gasteiger partial charge < -0.3 is 15.0 Å². The average Bonchev–Trinajstić information content (AvgIpc) is 3.14. The van der Waals surface area contributed by atoms with Crippen molar-refractivity contribution in [1.29, 1.82) is 0 Å². The maximum Gasteiger partial charge on any atom is 0.227 e. The molecule has 2 heterocycles. The van der Waals surface area contributed by atoms with Gasteiger partial charge in [0.15, 0.2) is 5.13 Å². The van der Waals surface area contributed by atoms with E-state index < -0.39 is 0 Å². The van der Waals surface area contributed by atoms with Crippen LogP contribution in [0.2, 0.25) is 0 Å². The summed E-state index contributed by atoms with van der Waals surface area (Å²) in [6, 6.07) is 12.0. The Morgan fingerprint density at radius 2 is 2.00 bits per heavy atom. The summed E-state index contributed by atoms with van der Waals surface area (Å²) in [7, 11) is 1.68. The number of rotatable bonds is 4. The molecule has 0 radical (unpaired) electrons. The fourth-order valence-electron chi connectivity index (χ4n) is 3.61. The zero-order valence-electron chi connectivity index (χ0n) is 16.5. The Labute approximate surface area is 169 Å². The third-order valence-electron chi connectivity index (χ3n) is 5.58. The van der Waals surface area contributed by atoms with Gasteiger partial charge in [-0.15, -0.1) is 0 Å². The van der Waals surface area contributed by atoms with Gasteiger partial charge in [-0.25, -0.2) is 4.98 Å². The van der Waals surface area contributed by atoms with Crippen molar-refractivity contribution in [3.8, 4) is 5.75 Å². The van der Waals surface area contributed by atoms with Crippen molar-refractivity contribution in [3.05, 3.63) is 47.5 Å². The Balaban J connectivity index is 1.40. The first-order valence-electron chi connectivity index (χ1n) is 9.62. The van der Waals surface area contributed by atoms with Crippen LogP contribution >= 0.6 is 11.3 Å². The molecule has 2 aromatic carbocycles. The van der Waals surface area contributed by atoms with E-state index in [1.807, 2.05) is 30.3 Å². The van der Waals surface area contributed by atoms with Gasteiger partial charge in [-0.1, -0.05) is 23.5 Å². The fourth-order valence-corrected chi connectivity index (χ4v) is 4.65. The first kappa shape index (κ1) is 18.7. The quantitative estimate of drug-likeness (QED) is 0.691. The molecule has 1 aliphatic heterocycles. The minimum Gasteiger partial charge on any atom is -0.497 e. The van der Waals surface area contributed by atoms with Crippen molar-refractivity contribution in [2.45, 2.75) is 26.7 Å². The number of nitrogens with one attached hydrogen (secondary N) is 1. The van der Waals surface area contributed by atoms with Crippen molar-refractivity contribution in [1.82, 2.24) is 4.98 Å². The van der Waals surface area contributed by atoms with E-state index in [-0.39, 0.29) is 11.8 Å². The Hall–Kier alpha value is -2.60. The molecule has 3 aromatic rings. The van der Waals surface area contributed by atoms with Crippen molar-refractivity contribution >= 4 is 38.3 Å². The number of carbonyl (C=O) groups is 1. The Morgan fingerprint density at radius 3 is 2.75 bits per heavy atom. The average molecular weight is 396 g/mol. The number of carbonyl (C=O) groups excluding carboxylic acids is 1. The first-order valence-corrected chi connectivity index (χ1v) is 10.4. The third-order valence-corrected chi connectivity index (χ3v) is 6.66. The van der Waals surface area contributed by atoms with Gasteiger partial charge in [0, 0.05) is 24.7 Å². The molecular weight excluding hydrogens is 370 g/mol. The zero-order chi connectivity index (χ0) is 19.7. The lowest BCUT2D eigenvalue weighted by molar-refractivity contribution is -0.120. The van der Waals surface area contributed by atoms with Crippen molar-refractivity contribution in [2.75, 3.05) is 30.4 Å². The molecule has 1 fully saturated rings. The molecule has 4 rings (SSSR count). The summed E-state index contributed by atoms with van der Waals surface area (Å²) >= 11 is 1.68. The second kappa shape index (κ2) is 7.80. The minimum atomic E-state index is 0.0469. The van der Waals surface area contributed by atoms with Crippen LogP contribution in [0.3, 0.4) is 0 Å². The fraction of sp³-hybridized carbons (Fsp3) is 0.364. The van der Waals surface area contributed by atoms with Gasteiger partial charge in [-0.2, -0.15) is 0 Å². The largest absolute Gasteiger partial charge is 0.497 e. The van der Waals surface area contributed by atoms with Crippen LogP contribution in [-0.2, 0) is 4.79 Å². The monoisotopic (exact) mass is 395 g/mol. The van der Waals surface area contributed by atoms with Gasteiger partial charge in [0.05, 0.1) is 17.3 Å². The molecule has 1 aromatic heterocycles. The van der Waals surface area contributed by atoms with E-state index in [0.29, 0.717) is 0 Å². The van der Waals surface area contributed by atoms with E-state index in [2.05, 4.69) is 30.1 Å². The molecule has 146 valence electrons. The van der Waals surface area contributed by atoms with Gasteiger partial charge >= 0.3 is 0 Å². The molecule has 0 aliphatic carbocycles. The third kappa shape index (κ3) is 3.69. The Kier molecular flexibility index (Phi) is 5.22. The zero-order valence-corrected chi connectivity index (χ0v) is 17.3. The summed E-state index contributed by atoms with van der Waals surface area (Å²) < 4.78 is 6.43. The topological polar surface area (TPSA) is 54.5 Å². The SMILES string of the molecule is COc1ccc2nc(N3CCC(C(=O)Nc4cccc(C)c4C)CC3)sc2c1. The first-order chi connectivity index (χ1) is 13.5. The van der Waals surface area contributed by atoms with E-state index >= 15 is 0 Å². The smallest absolute Gasteiger partial charge is 0.227 e. The maximum absolute atomic E-state index is 12.7. The van der Waals surface area contributed by atoms with E-state index in [1.165, 1.54) is 5.56 Å². The molecule has 0 bridgehead atoms. The van der Waals surface area contributed by atoms with Gasteiger partial charge in [-0.05, 0) is 62.1 Å². The van der Waals surface area contributed by atoms with Crippen LogP contribution in [0.4, 0.5) is 10.8 Å². The molecule has 1 saturated heterocycles. The molecule has 6 heteroatoms. The summed E-state index contributed by atoms with van der Waals surface area (Å²) in [5.41, 5.74) is 4.25. The van der Waals surface area contributed by atoms with Crippen LogP contribution in [0.5, 0.6) is 5.75 Å². The number of fused-ring (bicyclic) bond motifs is 1. The number of aryl methyl sites for hydroxylation is 1. The predicted molar refractivity (Wildman–Crippen MR) is 116 cm³/mol. The lowest BCUT2D eigenvalue weighted by atomic mass is 9.96. The molecule has 1 aliphatic rings. The Morgan fingerprint density at radius 1 is 1.21 bits per heavy atom. The second-order valence-corrected chi connectivity index (χ2v) is 8.34. The van der Waals surface area contributed by atoms with Crippen LogP contribution < -0.4 is 15.0 Å². The van der Waals surface area contributed by atoms with Gasteiger partial charge in [0.25, 0.3) is 0 Å². The summed E-state index contributed by atoms with van der Waals surface area (Å²) in [5.74, 6) is 1.03. The molecule has 0 spiro atoms. The van der Waals surface area contributed by atoms with Crippen LogP contribution in [0.25, 0.3) is 10.2 Å². The van der Waals surface area contributed by atoms with Crippen molar-refractivity contribution < 1.29 is 9.53 Å². The molecule has 0 saturated carbocycles. The summed E-state index contributed by atoms with van der Waals surface area (Å²) in [5, 5.41) is 4.15. The molecule has 28 heavy (non-hydrogen) atoms. The second-order valence-electron chi connectivity index (χ2n) is 7.33. The van der Waals surface area contributed by atoms with Crippen LogP contribution in [0, 0.1) is 19.8 Å². The van der Waals surface area contributed by atoms with E-state index in [1.54, 1.807) is 18.4 Å². The number of aromatic nitrogens is 1. The summed E-state index contributed by atoms with van der Waals surface area (Å²) in [6.07, 6.45) is 1.69. The van der Waals surface area contributed by atoms with E-state index in [9.17, 15) is 4.79 Å². The number of piperidine rings is 1. The van der Waals surface area contributed by atoms with Crippen LogP contribution in [0.15, 0.2) is 36.4 Å². The normalized spacial score (nSPS) is 15.0. The number of amides is 1. The molecule has 1 amide bonds. The highest BCUT2D eigenvalue weighted by molar-refractivity contribution is 7.22. The van der Waals surface area contributed by atoms with Crippen LogP contribution in [0.1, 0.15) is 24.0 Å². The number of hydrogen-bond acceptors (Lipinski definition) is 5. The number of methoxy groups -OCH3 is 1. The number of hydrogen-bond donors (Lipinski definition) is 1. The van der Waals surface area contributed by atoms with Gasteiger partial charge in [0.2, 0.25) is 5.91 Å². The molecule has 1 N–H and O–H groups in total. The molecule has 0 unspecified atom stereocenters. The number of nitrogens with zero attached hydrogens (tertiary/aromatic N) is 2. The molecule has 0 atom stereocenters. The standard InChI is InChI=1S/C22H25N3O2S/c1-14-5-4-6-18(15(14)2)23-21(26)16-9-11-25(12-10-16)22-24-19-8-7-17(27-3)13-20(19)28-22/h4-8,13,16H,9-12H2,1-3H3,(H,23,26). The van der Waals surface area contributed by atoms with Gasteiger partial charge in [0.1, 0.15) is 5.75 Å². The summed E-state index contributed by atoms with van der Waals surface area (Å²) in [6.45, 7) is 5.82. The number of thiazole rings is 1. The number of ether oxygens (including phenoxy) is 1. The minimum absolute atomic E-state index is 0.0469. The highest BCUT2D eigenvalue weighted by atomic mass is 32.1. The van der Waals surface area contributed by atoms with E-state index in [4.69, 9.17) is 9.72 Å². The molecule has 5 nitrogen and oxygen atoms in total. The van der Waals surface area contributed by atoms with Crippen LogP contribution in [-0.4, -0.2) is 31.1 Å². The summed E-state index contributed by atoms with van der Waals surface area (Å²) in [4.78, 5) is 19.8. The van der Waals surface area contributed by atoms with E-state index in [0.717, 1.165) is 58.3 Å². The predicted octanol–water partition coefficient (Wildman–Crippen LogP) is 4.78. The van der Waals surface area contributed by atoms with Crippen molar-refractivity contribution in [2.24, 2.45) is 5.92 Å². The lowest BCUT2D eigenvalue weighted by Gasteiger charge is -2.31. The number of anilines is 2. The lowest BCUT2D eigenvalue weighted by Crippen LogP contribution is -2.38. The highest BCUT2D eigenvalue weighted by Gasteiger charge is 2.27. The molecular formula is C22H25N3O2S. The maximum atomic E-state index is 12.7.